The third kappa shape index (κ3) is 4.40. The quantitative estimate of drug-likeness (QED) is 0.527. The van der Waals surface area contributed by atoms with Gasteiger partial charge in [0.15, 0.2) is 5.78 Å². The predicted molar refractivity (Wildman–Crippen MR) is 103 cm³/mol. The number of rotatable bonds is 6. The molecule has 0 radical (unpaired) electrons. The van der Waals surface area contributed by atoms with Crippen LogP contribution in [0.25, 0.3) is 0 Å². The van der Waals surface area contributed by atoms with Gasteiger partial charge in [-0.15, -0.1) is 0 Å². The Morgan fingerprint density at radius 3 is 1.50 bits per heavy atom. The van der Waals surface area contributed by atoms with Crippen molar-refractivity contribution in [3.05, 3.63) is 68.7 Å². The molecule has 0 heterocycles. The Morgan fingerprint density at radius 1 is 0.792 bits per heavy atom. The van der Waals surface area contributed by atoms with Crippen molar-refractivity contribution in [3.63, 3.8) is 0 Å². The molecule has 0 bridgehead atoms. The van der Waals surface area contributed by atoms with Crippen molar-refractivity contribution in [1.29, 1.82) is 0 Å². The average molecular weight is 363 g/mol. The number of carbonyl (C=O) groups excluding carboxylic acids is 1. The Morgan fingerprint density at radius 2 is 1.17 bits per heavy atom. The predicted octanol–water partition coefficient (Wildman–Crippen LogP) is 6.62. The molecule has 0 saturated heterocycles. The zero-order valence-electron chi connectivity index (χ0n) is 14.7. The first-order valence-electron chi connectivity index (χ1n) is 8.40. The van der Waals surface area contributed by atoms with Crippen molar-refractivity contribution in [2.24, 2.45) is 11.8 Å². The molecule has 0 fully saturated rings. The monoisotopic (exact) mass is 362 g/mol. The maximum absolute atomic E-state index is 13.2. The second kappa shape index (κ2) is 8.18. The lowest BCUT2D eigenvalue weighted by Crippen LogP contribution is -2.12. The Labute approximate surface area is 155 Å². The van der Waals surface area contributed by atoms with E-state index in [1.54, 1.807) is 0 Å². The lowest BCUT2D eigenvalue weighted by molar-refractivity contribution is 0.103. The molecule has 3 heteroatoms. The Hall–Kier alpha value is -1.31. The molecule has 2 rings (SSSR count). The van der Waals surface area contributed by atoms with Crippen LogP contribution in [0, 0.1) is 11.8 Å². The fourth-order valence-electron chi connectivity index (χ4n) is 2.92. The van der Waals surface area contributed by atoms with Gasteiger partial charge in [-0.05, 0) is 47.9 Å². The van der Waals surface area contributed by atoms with Crippen molar-refractivity contribution >= 4 is 29.0 Å². The van der Waals surface area contributed by atoms with E-state index in [-0.39, 0.29) is 5.78 Å². The largest absolute Gasteiger partial charge is 0.289 e. The summed E-state index contributed by atoms with van der Waals surface area (Å²) in [6, 6.07) is 11.1. The van der Waals surface area contributed by atoms with Crippen LogP contribution in [0.3, 0.4) is 0 Å². The fourth-order valence-corrected chi connectivity index (χ4v) is 3.42. The molecule has 0 aromatic heterocycles. The lowest BCUT2D eigenvalue weighted by atomic mass is 9.89. The highest BCUT2D eigenvalue weighted by atomic mass is 35.5. The molecule has 0 unspecified atom stereocenters. The van der Waals surface area contributed by atoms with Crippen LogP contribution in [0.5, 0.6) is 0 Å². The number of ketones is 1. The smallest absolute Gasteiger partial charge is 0.193 e. The summed E-state index contributed by atoms with van der Waals surface area (Å²) in [4.78, 5) is 13.2. The van der Waals surface area contributed by atoms with Gasteiger partial charge in [0.2, 0.25) is 0 Å². The number of hydrogen-bond acceptors (Lipinski definition) is 1. The number of hydrogen-bond donors (Lipinski definition) is 0. The van der Waals surface area contributed by atoms with Crippen LogP contribution in [0.15, 0.2) is 36.4 Å². The summed E-state index contributed by atoms with van der Waals surface area (Å²) in [7, 11) is 0. The highest BCUT2D eigenvalue weighted by Crippen LogP contribution is 2.29. The first kappa shape index (κ1) is 19.0. The molecule has 128 valence electrons. The molecule has 0 aliphatic rings. The van der Waals surface area contributed by atoms with E-state index >= 15 is 0 Å². The van der Waals surface area contributed by atoms with Gasteiger partial charge in [0.05, 0.1) is 0 Å². The zero-order valence-corrected chi connectivity index (χ0v) is 16.2. The molecule has 0 spiro atoms. The zero-order chi connectivity index (χ0) is 17.9. The Bertz CT molecular complexity index is 671. The van der Waals surface area contributed by atoms with Crippen LogP contribution in [0.1, 0.15) is 54.7 Å². The van der Waals surface area contributed by atoms with Gasteiger partial charge in [0.25, 0.3) is 0 Å². The molecule has 0 saturated carbocycles. The van der Waals surface area contributed by atoms with Gasteiger partial charge in [0.1, 0.15) is 0 Å². The van der Waals surface area contributed by atoms with Gasteiger partial charge >= 0.3 is 0 Å². The molecular formula is C21H24Cl2O. The Kier molecular flexibility index (Phi) is 6.48. The lowest BCUT2D eigenvalue weighted by Gasteiger charge is -2.16. The molecule has 1 nitrogen and oxygen atoms in total. The van der Waals surface area contributed by atoms with Crippen LogP contribution in [-0.4, -0.2) is 5.78 Å². The van der Waals surface area contributed by atoms with E-state index in [1.165, 1.54) is 0 Å². The summed E-state index contributed by atoms with van der Waals surface area (Å²) in [5, 5.41) is 1.31. The standard InChI is InChI=1S/C21H24Cl2O/c1-13(2)11-17-15(7-5-9-19(17)22)21(24)16-8-6-10-20(23)18(16)12-14(3)4/h5-10,13-14H,11-12H2,1-4H3. The van der Waals surface area contributed by atoms with Gasteiger partial charge in [-0.1, -0.05) is 75.2 Å². The summed E-state index contributed by atoms with van der Waals surface area (Å²) in [5.74, 6) is 0.850. The third-order valence-electron chi connectivity index (χ3n) is 3.95. The van der Waals surface area contributed by atoms with E-state index in [9.17, 15) is 4.79 Å². The maximum atomic E-state index is 13.2. The van der Waals surface area contributed by atoms with Crippen molar-refractivity contribution < 1.29 is 4.79 Å². The van der Waals surface area contributed by atoms with Crippen molar-refractivity contribution in [2.75, 3.05) is 0 Å². The summed E-state index contributed by atoms with van der Waals surface area (Å²) in [5.41, 5.74) is 3.22. The molecule has 0 amide bonds. The minimum Gasteiger partial charge on any atom is -0.289 e. The van der Waals surface area contributed by atoms with Crippen molar-refractivity contribution in [1.82, 2.24) is 0 Å². The minimum atomic E-state index is 0.00583. The molecule has 0 N–H and O–H groups in total. The van der Waals surface area contributed by atoms with E-state index in [1.807, 2.05) is 36.4 Å². The van der Waals surface area contributed by atoms with Crippen LogP contribution < -0.4 is 0 Å². The van der Waals surface area contributed by atoms with E-state index in [2.05, 4.69) is 27.7 Å². The van der Waals surface area contributed by atoms with Crippen LogP contribution >= 0.6 is 23.2 Å². The molecule has 0 aliphatic heterocycles. The second-order valence-electron chi connectivity index (χ2n) is 7.06. The van der Waals surface area contributed by atoms with Gasteiger partial charge in [-0.2, -0.15) is 0 Å². The number of halogens is 2. The van der Waals surface area contributed by atoms with E-state index < -0.39 is 0 Å². The van der Waals surface area contributed by atoms with Crippen molar-refractivity contribution in [3.8, 4) is 0 Å². The summed E-state index contributed by atoms with van der Waals surface area (Å²) in [6.45, 7) is 8.50. The van der Waals surface area contributed by atoms with Crippen LogP contribution in [0.4, 0.5) is 0 Å². The Balaban J connectivity index is 2.54. The van der Waals surface area contributed by atoms with Crippen LogP contribution in [-0.2, 0) is 12.8 Å². The molecule has 2 aromatic carbocycles. The second-order valence-corrected chi connectivity index (χ2v) is 7.87. The van der Waals surface area contributed by atoms with E-state index in [4.69, 9.17) is 23.2 Å². The number of carbonyl (C=O) groups is 1. The maximum Gasteiger partial charge on any atom is 0.193 e. The molecule has 0 atom stereocenters. The van der Waals surface area contributed by atoms with Gasteiger partial charge in [-0.25, -0.2) is 0 Å². The van der Waals surface area contributed by atoms with Gasteiger partial charge in [-0.3, -0.25) is 4.79 Å². The molecule has 0 aliphatic carbocycles. The summed E-state index contributed by atoms with van der Waals surface area (Å²) < 4.78 is 0. The highest BCUT2D eigenvalue weighted by Gasteiger charge is 2.20. The normalized spacial score (nSPS) is 11.3. The van der Waals surface area contributed by atoms with E-state index in [0.29, 0.717) is 33.0 Å². The summed E-state index contributed by atoms with van der Waals surface area (Å²) >= 11 is 12.8. The van der Waals surface area contributed by atoms with Gasteiger partial charge in [0, 0.05) is 21.2 Å². The topological polar surface area (TPSA) is 17.1 Å². The first-order chi connectivity index (χ1) is 11.3. The summed E-state index contributed by atoms with van der Waals surface area (Å²) in [6.07, 6.45) is 1.56. The fraction of sp³-hybridized carbons (Fsp3) is 0.381. The average Bonchev–Trinajstić information content (AvgIpc) is 2.50. The SMILES string of the molecule is CC(C)Cc1c(Cl)cccc1C(=O)c1cccc(Cl)c1CC(C)C. The molecule has 2 aromatic rings. The molecule has 24 heavy (non-hydrogen) atoms. The van der Waals surface area contributed by atoms with E-state index in [0.717, 1.165) is 24.0 Å². The molecular weight excluding hydrogens is 339 g/mol. The highest BCUT2D eigenvalue weighted by molar-refractivity contribution is 6.33. The van der Waals surface area contributed by atoms with Crippen LogP contribution in [0.2, 0.25) is 10.0 Å². The first-order valence-corrected chi connectivity index (χ1v) is 9.16. The number of benzene rings is 2. The third-order valence-corrected chi connectivity index (χ3v) is 4.66. The minimum absolute atomic E-state index is 0.00583. The van der Waals surface area contributed by atoms with Gasteiger partial charge < -0.3 is 0 Å². The van der Waals surface area contributed by atoms with Crippen molar-refractivity contribution in [2.45, 2.75) is 40.5 Å².